The molecule has 0 spiro atoms. The Morgan fingerprint density at radius 2 is 1.60 bits per heavy atom. The first kappa shape index (κ1) is 14.9. The predicted octanol–water partition coefficient (Wildman–Crippen LogP) is 3.80. The van der Waals surface area contributed by atoms with Gasteiger partial charge in [-0.25, -0.2) is 0 Å². The molecule has 0 aromatic rings. The second-order valence-corrected chi connectivity index (χ2v) is 7.46. The van der Waals surface area contributed by atoms with Gasteiger partial charge in [0.25, 0.3) is 0 Å². The van der Waals surface area contributed by atoms with Crippen LogP contribution in [0.15, 0.2) is 12.3 Å². The lowest BCUT2D eigenvalue weighted by Crippen LogP contribution is -2.44. The molecule has 0 saturated carbocycles. The number of hydrogen-bond donors (Lipinski definition) is 0. The highest BCUT2D eigenvalue weighted by Gasteiger charge is 2.35. The molecular weight excluding hydrogens is 204 g/mol. The Kier molecular flexibility index (Phi) is 7.14. The van der Waals surface area contributed by atoms with Gasteiger partial charge >= 0.3 is 8.56 Å². The molecule has 3 heteroatoms. The zero-order valence-corrected chi connectivity index (χ0v) is 11.9. The fraction of sp³-hybridized carbons (Fsp3) is 0.833. The van der Waals surface area contributed by atoms with Crippen molar-refractivity contribution in [1.29, 1.82) is 0 Å². The lowest BCUT2D eigenvalue weighted by atomic mass is 10.4. The van der Waals surface area contributed by atoms with Crippen LogP contribution in [-0.2, 0) is 8.85 Å². The Morgan fingerprint density at radius 1 is 1.13 bits per heavy atom. The van der Waals surface area contributed by atoms with Gasteiger partial charge in [0.15, 0.2) is 0 Å². The predicted molar refractivity (Wildman–Crippen MR) is 68.1 cm³/mol. The monoisotopic (exact) mass is 230 g/mol. The van der Waals surface area contributed by atoms with E-state index in [-0.39, 0.29) is 12.2 Å². The lowest BCUT2D eigenvalue weighted by molar-refractivity contribution is 0.113. The van der Waals surface area contributed by atoms with Gasteiger partial charge in [-0.3, -0.25) is 0 Å². The molecule has 0 aromatic heterocycles. The number of hydrogen-bond acceptors (Lipinski definition) is 2. The first-order chi connectivity index (χ1) is 6.95. The van der Waals surface area contributed by atoms with Crippen molar-refractivity contribution < 1.29 is 8.85 Å². The van der Waals surface area contributed by atoms with Gasteiger partial charge in [0, 0.05) is 12.2 Å². The van der Waals surface area contributed by atoms with E-state index in [1.54, 1.807) is 0 Å². The van der Waals surface area contributed by atoms with Crippen LogP contribution in [-0.4, -0.2) is 20.8 Å². The van der Waals surface area contributed by atoms with Crippen LogP contribution in [0.1, 0.15) is 47.5 Å². The van der Waals surface area contributed by atoms with Gasteiger partial charge in [0.1, 0.15) is 0 Å². The molecule has 0 aliphatic carbocycles. The lowest BCUT2D eigenvalue weighted by Gasteiger charge is -2.31. The molecule has 0 N–H and O–H groups in total. The molecule has 15 heavy (non-hydrogen) atoms. The molecule has 0 bridgehead atoms. The molecule has 90 valence electrons. The highest BCUT2D eigenvalue weighted by atomic mass is 28.4. The molecule has 0 aromatic carbocycles. The molecule has 0 atom stereocenters. The summed E-state index contributed by atoms with van der Waals surface area (Å²) in [5.74, 6) is 0. The van der Waals surface area contributed by atoms with Crippen molar-refractivity contribution in [3.63, 3.8) is 0 Å². The first-order valence-corrected chi connectivity index (χ1v) is 8.05. The van der Waals surface area contributed by atoms with E-state index in [9.17, 15) is 0 Å². The SMILES string of the molecule is C=C[Si](CCCC)(OC(C)C)OC(C)C. The summed E-state index contributed by atoms with van der Waals surface area (Å²) in [6, 6.07) is 1.02. The molecular formula is C12H26O2Si. The third-order valence-electron chi connectivity index (χ3n) is 2.06. The van der Waals surface area contributed by atoms with Crippen LogP contribution < -0.4 is 0 Å². The van der Waals surface area contributed by atoms with Crippen molar-refractivity contribution in [3.8, 4) is 0 Å². The normalized spacial score (nSPS) is 12.5. The summed E-state index contributed by atoms with van der Waals surface area (Å²) in [4.78, 5) is 0. The van der Waals surface area contributed by atoms with Crippen molar-refractivity contribution >= 4 is 8.56 Å². The van der Waals surface area contributed by atoms with Gasteiger partial charge < -0.3 is 8.85 Å². The van der Waals surface area contributed by atoms with Gasteiger partial charge in [-0.1, -0.05) is 19.8 Å². The topological polar surface area (TPSA) is 18.5 Å². The standard InChI is InChI=1S/C12H26O2Si/c1-7-9-10-15(8-2,13-11(3)4)14-12(5)6/h8,11-12H,2,7,9-10H2,1,3-6H3. The molecule has 2 nitrogen and oxygen atoms in total. The Hall–Kier alpha value is -0.123. The minimum Gasteiger partial charge on any atom is -0.389 e. The molecule has 0 rings (SSSR count). The van der Waals surface area contributed by atoms with E-state index in [1.165, 1.54) is 6.42 Å². The highest BCUT2D eigenvalue weighted by Crippen LogP contribution is 2.22. The third-order valence-corrected chi connectivity index (χ3v) is 5.47. The Bertz CT molecular complexity index is 168. The van der Waals surface area contributed by atoms with E-state index < -0.39 is 8.56 Å². The van der Waals surface area contributed by atoms with E-state index in [0.29, 0.717) is 0 Å². The van der Waals surface area contributed by atoms with Gasteiger partial charge in [-0.15, -0.1) is 6.58 Å². The number of unbranched alkanes of at least 4 members (excludes halogenated alkanes) is 1. The van der Waals surface area contributed by atoms with E-state index in [2.05, 4.69) is 41.2 Å². The van der Waals surface area contributed by atoms with Crippen LogP contribution in [0.3, 0.4) is 0 Å². The van der Waals surface area contributed by atoms with Gasteiger partial charge in [0.2, 0.25) is 0 Å². The van der Waals surface area contributed by atoms with Crippen molar-refractivity contribution in [3.05, 3.63) is 12.3 Å². The van der Waals surface area contributed by atoms with Gasteiger partial charge in [0.05, 0.1) is 0 Å². The molecule has 0 aliphatic rings. The summed E-state index contributed by atoms with van der Waals surface area (Å²) in [5.41, 5.74) is 1.93. The van der Waals surface area contributed by atoms with Crippen LogP contribution in [0.5, 0.6) is 0 Å². The fourth-order valence-corrected chi connectivity index (χ4v) is 4.70. The van der Waals surface area contributed by atoms with Crippen LogP contribution in [0.2, 0.25) is 6.04 Å². The average Bonchev–Trinajstić information content (AvgIpc) is 2.12. The Morgan fingerprint density at radius 3 is 1.87 bits per heavy atom. The molecule has 0 amide bonds. The second kappa shape index (κ2) is 7.20. The van der Waals surface area contributed by atoms with Crippen molar-refractivity contribution in [2.24, 2.45) is 0 Å². The van der Waals surface area contributed by atoms with Crippen LogP contribution >= 0.6 is 0 Å². The summed E-state index contributed by atoms with van der Waals surface area (Å²) in [6.07, 6.45) is 2.75. The van der Waals surface area contributed by atoms with Crippen LogP contribution in [0, 0.1) is 0 Å². The van der Waals surface area contributed by atoms with Crippen molar-refractivity contribution in [2.75, 3.05) is 0 Å². The van der Waals surface area contributed by atoms with Crippen molar-refractivity contribution in [2.45, 2.75) is 65.7 Å². The molecule has 0 aliphatic heterocycles. The third kappa shape index (κ3) is 6.13. The van der Waals surface area contributed by atoms with E-state index in [4.69, 9.17) is 8.85 Å². The average molecular weight is 230 g/mol. The maximum absolute atomic E-state index is 6.00. The minimum atomic E-state index is -2.15. The van der Waals surface area contributed by atoms with Crippen molar-refractivity contribution in [1.82, 2.24) is 0 Å². The highest BCUT2D eigenvalue weighted by molar-refractivity contribution is 6.72. The fourth-order valence-electron chi connectivity index (χ4n) is 1.57. The van der Waals surface area contributed by atoms with E-state index >= 15 is 0 Å². The summed E-state index contributed by atoms with van der Waals surface area (Å²) in [7, 11) is -2.15. The molecule has 0 saturated heterocycles. The first-order valence-electron chi connectivity index (χ1n) is 5.95. The maximum Gasteiger partial charge on any atom is 0.364 e. The zero-order chi connectivity index (χ0) is 11.9. The summed E-state index contributed by atoms with van der Waals surface area (Å²) in [5, 5.41) is 0. The largest absolute Gasteiger partial charge is 0.389 e. The molecule has 0 heterocycles. The zero-order valence-electron chi connectivity index (χ0n) is 10.9. The quantitative estimate of drug-likeness (QED) is 0.590. The summed E-state index contributed by atoms with van der Waals surface area (Å²) >= 11 is 0. The second-order valence-electron chi connectivity index (χ2n) is 4.45. The summed E-state index contributed by atoms with van der Waals surface area (Å²) < 4.78 is 12.0. The van der Waals surface area contributed by atoms with E-state index in [0.717, 1.165) is 12.5 Å². The maximum atomic E-state index is 6.00. The minimum absolute atomic E-state index is 0.213. The smallest absolute Gasteiger partial charge is 0.364 e. The Balaban J connectivity index is 4.51. The molecule has 0 fully saturated rings. The summed E-state index contributed by atoms with van der Waals surface area (Å²) in [6.45, 7) is 14.3. The number of rotatable bonds is 8. The van der Waals surface area contributed by atoms with Gasteiger partial charge in [-0.2, -0.15) is 0 Å². The Labute approximate surface area is 95.9 Å². The molecule has 0 radical (unpaired) electrons. The van der Waals surface area contributed by atoms with Crippen LogP contribution in [0.25, 0.3) is 0 Å². The van der Waals surface area contributed by atoms with Gasteiger partial charge in [-0.05, 0) is 39.4 Å². The van der Waals surface area contributed by atoms with Crippen LogP contribution in [0.4, 0.5) is 0 Å². The van der Waals surface area contributed by atoms with E-state index in [1.807, 2.05) is 5.70 Å². The molecule has 0 unspecified atom stereocenters.